The van der Waals surface area contributed by atoms with Crippen LogP contribution in [0.15, 0.2) is 91.4 Å². The summed E-state index contributed by atoms with van der Waals surface area (Å²) in [4.78, 5) is 14.8. The zero-order valence-corrected chi connectivity index (χ0v) is 26.7. The monoisotopic (exact) mass is 661 g/mol. The van der Waals surface area contributed by atoms with Crippen LogP contribution < -0.4 is 19.6 Å². The minimum atomic E-state index is -0.0610. The Kier molecular flexibility index (Phi) is 8.31. The molecule has 0 saturated carbocycles. The van der Waals surface area contributed by atoms with Gasteiger partial charge in [0.05, 0.1) is 18.6 Å². The molecule has 0 aliphatic rings. The van der Waals surface area contributed by atoms with Gasteiger partial charge in [-0.3, -0.25) is 0 Å². The molecular weight excluding hydrogens is 634 g/mol. The summed E-state index contributed by atoms with van der Waals surface area (Å²) in [5.41, 5.74) is 7.19. The molecule has 0 spiro atoms. The molecule has 0 bridgehead atoms. The summed E-state index contributed by atoms with van der Waals surface area (Å²) in [6, 6.07) is 21.9. The van der Waals surface area contributed by atoms with E-state index in [-0.39, 0.29) is 24.1 Å². The van der Waals surface area contributed by atoms with E-state index in [1.807, 2.05) is 62.5 Å². The average Bonchev–Trinajstić information content (AvgIpc) is 3.87. The van der Waals surface area contributed by atoms with Crippen molar-refractivity contribution in [3.05, 3.63) is 91.4 Å². The quantitative estimate of drug-likeness (QED) is 0.167. The molecule has 0 aliphatic carbocycles. The van der Waals surface area contributed by atoms with Crippen LogP contribution in [0, 0.1) is 0 Å². The smallest absolute Gasteiger partial charge is 0.331 e. The van der Waals surface area contributed by atoms with Crippen LogP contribution in [0.5, 0.6) is 35.3 Å². The van der Waals surface area contributed by atoms with Gasteiger partial charge in [-0.1, -0.05) is 46.8 Å². The lowest BCUT2D eigenvalue weighted by molar-refractivity contribution is 0.362. The molecule has 0 aliphatic heterocycles. The van der Waals surface area contributed by atoms with Gasteiger partial charge in [-0.15, -0.1) is 30.2 Å². The Labute approximate surface area is 278 Å². The van der Waals surface area contributed by atoms with Gasteiger partial charge in [-0.2, -0.15) is 8.88 Å². The number of nitrogens with one attached hydrogen (secondary N) is 1. The van der Waals surface area contributed by atoms with E-state index in [2.05, 4.69) is 64.1 Å². The molecule has 0 radical (unpaired) electrons. The number of thiol groups is 1. The fourth-order valence-corrected chi connectivity index (χ4v) is 4.63. The molecule has 240 valence electrons. The summed E-state index contributed by atoms with van der Waals surface area (Å²) < 4.78 is 21.4. The maximum Gasteiger partial charge on any atom is 0.331 e. The van der Waals surface area contributed by atoms with Crippen molar-refractivity contribution in [2.75, 3.05) is 12.5 Å². The molecule has 0 saturated heterocycles. The van der Waals surface area contributed by atoms with Gasteiger partial charge in [0.15, 0.2) is 0 Å². The first-order valence-electron chi connectivity index (χ1n) is 14.6. The van der Waals surface area contributed by atoms with Crippen molar-refractivity contribution in [3.63, 3.8) is 0 Å². The average molecular weight is 662 g/mol. The normalized spacial score (nSPS) is 11.1. The zero-order chi connectivity index (χ0) is 33.0. The lowest BCUT2D eigenvalue weighted by Crippen LogP contribution is -2.08. The van der Waals surface area contributed by atoms with Crippen molar-refractivity contribution in [2.24, 2.45) is 0 Å². The Morgan fingerprint density at radius 2 is 1.06 bits per heavy atom. The Morgan fingerprint density at radius 3 is 1.48 bits per heavy atom. The van der Waals surface area contributed by atoms with Gasteiger partial charge in [0, 0.05) is 29.8 Å². The van der Waals surface area contributed by atoms with Crippen molar-refractivity contribution >= 4 is 12.8 Å². The zero-order valence-electron chi connectivity index (χ0n) is 25.8. The van der Waals surface area contributed by atoms with Crippen LogP contribution in [0.4, 0.5) is 0 Å². The Balaban J connectivity index is 1.20. The number of hydrogen-bond donors (Lipinski definition) is 2. The molecule has 48 heavy (non-hydrogen) atoms. The van der Waals surface area contributed by atoms with E-state index in [1.54, 1.807) is 54.5 Å². The fourth-order valence-electron chi connectivity index (χ4n) is 4.48. The second kappa shape index (κ2) is 13.2. The van der Waals surface area contributed by atoms with Crippen molar-refractivity contribution in [1.29, 1.82) is 0 Å². The van der Waals surface area contributed by atoms with Gasteiger partial charge < -0.3 is 19.6 Å². The Bertz CT molecular complexity index is 2200. The summed E-state index contributed by atoms with van der Waals surface area (Å²) in [7, 11) is 1.74. The number of aromatic nitrogens is 12. The van der Waals surface area contributed by atoms with Crippen LogP contribution in [0.1, 0.15) is 19.9 Å². The highest BCUT2D eigenvalue weighted by Crippen LogP contribution is 2.31. The maximum atomic E-state index is 6.12. The first kappa shape index (κ1) is 30.3. The van der Waals surface area contributed by atoms with Crippen LogP contribution in [-0.2, 0) is 0 Å². The van der Waals surface area contributed by atoms with Gasteiger partial charge in [-0.05, 0) is 68.3 Å². The summed E-state index contributed by atoms with van der Waals surface area (Å²) in [5, 5.41) is 24.7. The number of benzene rings is 3. The van der Waals surface area contributed by atoms with Gasteiger partial charge in [0.2, 0.25) is 0 Å². The van der Waals surface area contributed by atoms with Crippen LogP contribution in [-0.4, -0.2) is 66.5 Å². The fraction of sp³-hybridized carbons (Fsp3) is 0.129. The molecule has 3 aromatic carbocycles. The standard InChI is InChI=1S/C31H27N13O3S/c1-19(2)42-16-26(36-39-42)20-7-4-10-23(13-20)45-29-33-30(46-24-11-5-8-21(14-24)27-17-43(32-3)40-37-27)35-31(34-29)47-25-12-6-9-22(15-25)28-18-44(48)41-38-28/h4-19,32,48H,1-3H3. The largest absolute Gasteiger partial charge is 0.424 e. The second-order valence-electron chi connectivity index (χ2n) is 10.5. The lowest BCUT2D eigenvalue weighted by atomic mass is 10.1. The molecule has 7 aromatic rings. The van der Waals surface area contributed by atoms with Gasteiger partial charge in [-0.25, -0.2) is 4.68 Å². The van der Waals surface area contributed by atoms with E-state index in [0.29, 0.717) is 34.3 Å². The van der Waals surface area contributed by atoms with E-state index in [1.165, 1.54) is 8.88 Å². The summed E-state index contributed by atoms with van der Waals surface area (Å²) in [5.74, 6) is 1.34. The lowest BCUT2D eigenvalue weighted by Gasteiger charge is -2.11. The first-order valence-corrected chi connectivity index (χ1v) is 15.0. The van der Waals surface area contributed by atoms with E-state index in [9.17, 15) is 0 Å². The number of hydrogen-bond acceptors (Lipinski definition) is 14. The van der Waals surface area contributed by atoms with Crippen LogP contribution >= 0.6 is 12.8 Å². The Hall–Kier alpha value is -6.36. The van der Waals surface area contributed by atoms with E-state index < -0.39 is 0 Å². The maximum absolute atomic E-state index is 6.12. The van der Waals surface area contributed by atoms with Crippen LogP contribution in [0.2, 0.25) is 0 Å². The minimum Gasteiger partial charge on any atom is -0.424 e. The van der Waals surface area contributed by atoms with Crippen LogP contribution in [0.25, 0.3) is 33.8 Å². The molecule has 4 aromatic heterocycles. The molecule has 0 atom stereocenters. The number of nitrogens with zero attached hydrogens (tertiary/aromatic N) is 12. The molecule has 0 fully saturated rings. The van der Waals surface area contributed by atoms with Gasteiger partial charge in [0.25, 0.3) is 0 Å². The third kappa shape index (κ3) is 6.90. The second-order valence-corrected chi connectivity index (χ2v) is 11.0. The Morgan fingerprint density at radius 1 is 0.604 bits per heavy atom. The molecule has 1 N–H and O–H groups in total. The predicted octanol–water partition coefficient (Wildman–Crippen LogP) is 5.47. The predicted molar refractivity (Wildman–Crippen MR) is 176 cm³/mol. The molecule has 0 unspecified atom stereocenters. The van der Waals surface area contributed by atoms with E-state index in [0.717, 1.165) is 16.7 Å². The molecule has 0 amide bonds. The van der Waals surface area contributed by atoms with Crippen molar-refractivity contribution in [2.45, 2.75) is 19.9 Å². The highest BCUT2D eigenvalue weighted by molar-refractivity contribution is 7.78. The number of rotatable bonds is 11. The van der Waals surface area contributed by atoms with Gasteiger partial charge in [0.1, 0.15) is 34.3 Å². The van der Waals surface area contributed by atoms with Gasteiger partial charge >= 0.3 is 18.0 Å². The molecule has 16 nitrogen and oxygen atoms in total. The van der Waals surface area contributed by atoms with Crippen molar-refractivity contribution < 1.29 is 14.2 Å². The number of ether oxygens (including phenoxy) is 3. The molecule has 17 heteroatoms. The molecule has 4 heterocycles. The third-order valence-corrected chi connectivity index (χ3v) is 7.03. The third-order valence-electron chi connectivity index (χ3n) is 6.83. The SMILES string of the molecule is CNn1cc(-c2cccc(Oc3nc(Oc4cccc(-c5cn(S)nn5)c4)nc(Oc4cccc(-c5cn(C(C)C)nn5)c4)n3)c2)nn1. The molecular formula is C31H27N13O3S. The highest BCUT2D eigenvalue weighted by Gasteiger charge is 2.16. The van der Waals surface area contributed by atoms with Crippen molar-refractivity contribution in [3.8, 4) is 69.1 Å². The van der Waals surface area contributed by atoms with Crippen LogP contribution in [0.3, 0.4) is 0 Å². The molecule has 7 rings (SSSR count). The first-order chi connectivity index (χ1) is 23.4. The van der Waals surface area contributed by atoms with E-state index >= 15 is 0 Å². The topological polar surface area (TPSA) is 171 Å². The minimum absolute atomic E-state index is 0.0553. The van der Waals surface area contributed by atoms with E-state index in [4.69, 9.17) is 14.2 Å². The summed E-state index contributed by atoms with van der Waals surface area (Å²) in [6.07, 6.45) is 5.30. The summed E-state index contributed by atoms with van der Waals surface area (Å²) in [6.45, 7) is 4.07. The van der Waals surface area contributed by atoms with Crippen molar-refractivity contribution in [1.82, 2.24) is 59.4 Å². The summed E-state index contributed by atoms with van der Waals surface area (Å²) >= 11 is 4.17. The highest BCUT2D eigenvalue weighted by atomic mass is 32.1.